The molecule has 2 rings (SSSR count). The minimum atomic E-state index is -0.154. The summed E-state index contributed by atoms with van der Waals surface area (Å²) in [7, 11) is 3.91. The van der Waals surface area contributed by atoms with Crippen LogP contribution in [0.2, 0.25) is 0 Å². The predicted octanol–water partition coefficient (Wildman–Crippen LogP) is 4.68. The van der Waals surface area contributed by atoms with Gasteiger partial charge in [0.05, 0.1) is 13.2 Å². The molecule has 2 heterocycles. The average molecular weight is 471 g/mol. The lowest BCUT2D eigenvalue weighted by Gasteiger charge is -2.37. The highest BCUT2D eigenvalue weighted by Crippen LogP contribution is 2.24. The van der Waals surface area contributed by atoms with Crippen LogP contribution >= 0.6 is 0 Å². The van der Waals surface area contributed by atoms with Gasteiger partial charge in [-0.2, -0.15) is 0 Å². The van der Waals surface area contributed by atoms with Crippen molar-refractivity contribution in [1.82, 2.24) is 14.7 Å². The van der Waals surface area contributed by atoms with Gasteiger partial charge in [0.25, 0.3) is 0 Å². The predicted molar refractivity (Wildman–Crippen MR) is 139 cm³/mol. The summed E-state index contributed by atoms with van der Waals surface area (Å²) in [6, 6.07) is 0. The van der Waals surface area contributed by atoms with Crippen molar-refractivity contribution in [3.63, 3.8) is 0 Å². The third kappa shape index (κ3) is 7.90. The van der Waals surface area contributed by atoms with Crippen molar-refractivity contribution < 1.29 is 14.3 Å². The monoisotopic (exact) mass is 470 g/mol. The Kier molecular flexibility index (Phi) is 10.6. The highest BCUT2D eigenvalue weighted by Gasteiger charge is 2.22. The van der Waals surface area contributed by atoms with Crippen LogP contribution in [-0.4, -0.2) is 73.5 Å². The molecule has 7 nitrogen and oxygen atoms in total. The minimum absolute atomic E-state index is 0.154. The molecule has 0 unspecified atom stereocenters. The quantitative estimate of drug-likeness (QED) is 0.248. The molecule has 2 aliphatic rings. The lowest BCUT2D eigenvalue weighted by atomic mass is 10.00. The highest BCUT2D eigenvalue weighted by atomic mass is 16.5. The smallest absolute Gasteiger partial charge is 0.307 e. The molecule has 0 radical (unpaired) electrons. The minimum Gasteiger partial charge on any atom is -0.444 e. The molecule has 2 aliphatic heterocycles. The summed E-state index contributed by atoms with van der Waals surface area (Å²) in [6.45, 7) is 20.0. The van der Waals surface area contributed by atoms with Gasteiger partial charge in [0.15, 0.2) is 6.73 Å². The van der Waals surface area contributed by atoms with Crippen LogP contribution in [0.4, 0.5) is 0 Å². The topological polar surface area (TPSA) is 57.6 Å². The molecule has 0 aromatic rings. The van der Waals surface area contributed by atoms with Crippen LogP contribution in [-0.2, 0) is 14.3 Å². The summed E-state index contributed by atoms with van der Waals surface area (Å²) in [5.74, 6) is 2.16. The first-order chi connectivity index (χ1) is 16.2. The van der Waals surface area contributed by atoms with Gasteiger partial charge < -0.3 is 24.2 Å². The van der Waals surface area contributed by atoms with E-state index in [4.69, 9.17) is 14.5 Å². The number of ether oxygens (including phenoxy) is 2. The zero-order valence-corrected chi connectivity index (χ0v) is 21.9. The summed E-state index contributed by atoms with van der Waals surface area (Å²) >= 11 is 0. The van der Waals surface area contributed by atoms with Crippen molar-refractivity contribution in [2.45, 2.75) is 47.0 Å². The molecular formula is C27H42N4O3. The zero-order valence-electron chi connectivity index (χ0n) is 21.9. The molecule has 188 valence electrons. The number of esters is 1. The Balaban J connectivity index is 1.99. The molecule has 0 aromatic heterocycles. The van der Waals surface area contributed by atoms with Gasteiger partial charge in [0, 0.05) is 51.1 Å². The lowest BCUT2D eigenvalue weighted by Crippen LogP contribution is -2.41. The number of hydrogen-bond donors (Lipinski definition) is 0. The fourth-order valence-corrected chi connectivity index (χ4v) is 3.76. The Morgan fingerprint density at radius 3 is 2.53 bits per heavy atom. The second kappa shape index (κ2) is 13.2. The van der Waals surface area contributed by atoms with Crippen LogP contribution in [0.25, 0.3) is 0 Å². The first kappa shape index (κ1) is 27.4. The number of morpholine rings is 1. The molecule has 0 amide bonds. The third-order valence-electron chi connectivity index (χ3n) is 6.38. The van der Waals surface area contributed by atoms with Crippen molar-refractivity contribution in [2.75, 3.05) is 47.1 Å². The van der Waals surface area contributed by atoms with Gasteiger partial charge >= 0.3 is 5.97 Å². The molecule has 0 N–H and O–H groups in total. The van der Waals surface area contributed by atoms with Crippen molar-refractivity contribution in [2.24, 2.45) is 10.9 Å². The number of hydrogen-bond acceptors (Lipinski definition) is 7. The SMILES string of the molecule is C=C(/C=C(/C)N(C)COC(=O)CC(CC)CC)C(=C)/C=C1/N=C(C)C=C(N2CCOCC2)N1C. The fraction of sp³-hybridized carbons (Fsp3) is 0.556. The van der Waals surface area contributed by atoms with Crippen LogP contribution in [0.15, 0.2) is 64.9 Å². The second-order valence-electron chi connectivity index (χ2n) is 8.98. The summed E-state index contributed by atoms with van der Waals surface area (Å²) in [5.41, 5.74) is 3.44. The molecule has 0 atom stereocenters. The van der Waals surface area contributed by atoms with Gasteiger partial charge in [-0.05, 0) is 43.1 Å². The number of nitrogens with zero attached hydrogens (tertiary/aromatic N) is 4. The van der Waals surface area contributed by atoms with E-state index in [-0.39, 0.29) is 12.7 Å². The van der Waals surface area contributed by atoms with Gasteiger partial charge in [0.1, 0.15) is 11.6 Å². The van der Waals surface area contributed by atoms with E-state index >= 15 is 0 Å². The van der Waals surface area contributed by atoms with E-state index in [0.29, 0.717) is 12.3 Å². The first-order valence-corrected chi connectivity index (χ1v) is 12.1. The number of allylic oxidation sites excluding steroid dienone is 6. The van der Waals surface area contributed by atoms with E-state index in [1.165, 1.54) is 0 Å². The standard InChI is InChI=1S/C27H42N4O3/c1-9-24(10-2)18-27(32)34-19-29(7)23(6)15-20(3)21(4)16-25-28-22(5)17-26(30(25)8)31-11-13-33-14-12-31/h15-17,24H,3-4,9-14,18-19H2,1-2,5-8H3/b23-15-,25-16-. The molecule has 0 aliphatic carbocycles. The van der Waals surface area contributed by atoms with Crippen LogP contribution in [0.1, 0.15) is 47.0 Å². The van der Waals surface area contributed by atoms with E-state index in [1.54, 1.807) is 0 Å². The van der Waals surface area contributed by atoms with Crippen molar-refractivity contribution in [1.29, 1.82) is 0 Å². The zero-order chi connectivity index (χ0) is 25.3. The molecule has 0 bridgehead atoms. The maximum Gasteiger partial charge on any atom is 0.307 e. The van der Waals surface area contributed by atoms with Crippen LogP contribution in [0.3, 0.4) is 0 Å². The van der Waals surface area contributed by atoms with E-state index < -0.39 is 0 Å². The van der Waals surface area contributed by atoms with Gasteiger partial charge in [-0.15, -0.1) is 0 Å². The Morgan fingerprint density at radius 1 is 1.26 bits per heavy atom. The molecular weight excluding hydrogens is 428 g/mol. The van der Waals surface area contributed by atoms with Gasteiger partial charge in [-0.1, -0.05) is 39.8 Å². The number of rotatable bonds is 11. The summed E-state index contributed by atoms with van der Waals surface area (Å²) in [6.07, 6.45) is 8.45. The summed E-state index contributed by atoms with van der Waals surface area (Å²) in [4.78, 5) is 23.1. The molecule has 0 spiro atoms. The summed E-state index contributed by atoms with van der Waals surface area (Å²) < 4.78 is 10.9. The Bertz CT molecular complexity index is 874. The Hall–Kier alpha value is -2.80. The largest absolute Gasteiger partial charge is 0.444 e. The van der Waals surface area contributed by atoms with Crippen LogP contribution in [0.5, 0.6) is 0 Å². The van der Waals surface area contributed by atoms with Gasteiger partial charge in [-0.25, -0.2) is 4.99 Å². The maximum absolute atomic E-state index is 12.1. The highest BCUT2D eigenvalue weighted by molar-refractivity contribution is 5.94. The van der Waals surface area contributed by atoms with Gasteiger partial charge in [-0.3, -0.25) is 4.79 Å². The van der Waals surface area contributed by atoms with E-state index in [1.807, 2.05) is 45.0 Å². The number of carbonyl (C=O) groups excluding carboxylic acids is 1. The molecule has 0 saturated carbocycles. The van der Waals surface area contributed by atoms with E-state index in [9.17, 15) is 4.79 Å². The first-order valence-electron chi connectivity index (χ1n) is 12.1. The normalized spacial score (nSPS) is 18.1. The molecule has 1 saturated heterocycles. The average Bonchev–Trinajstić information content (AvgIpc) is 2.83. The number of carbonyl (C=O) groups is 1. The molecule has 7 heteroatoms. The third-order valence-corrected chi connectivity index (χ3v) is 6.38. The Labute approximate surface area is 205 Å². The van der Waals surface area contributed by atoms with Crippen molar-refractivity contribution in [3.05, 3.63) is 59.9 Å². The van der Waals surface area contributed by atoms with Crippen molar-refractivity contribution >= 4 is 11.7 Å². The maximum atomic E-state index is 12.1. The van der Waals surface area contributed by atoms with E-state index in [0.717, 1.165) is 73.3 Å². The molecule has 1 fully saturated rings. The molecule has 0 aromatic carbocycles. The summed E-state index contributed by atoms with van der Waals surface area (Å²) in [5, 5.41) is 0. The molecule has 34 heavy (non-hydrogen) atoms. The van der Waals surface area contributed by atoms with E-state index in [2.05, 4.69) is 42.9 Å². The van der Waals surface area contributed by atoms with Crippen molar-refractivity contribution in [3.8, 4) is 0 Å². The Morgan fingerprint density at radius 2 is 1.91 bits per heavy atom. The lowest BCUT2D eigenvalue weighted by molar-refractivity contribution is -0.148. The van der Waals surface area contributed by atoms with Crippen LogP contribution in [0, 0.1) is 5.92 Å². The second-order valence-corrected chi connectivity index (χ2v) is 8.98. The van der Waals surface area contributed by atoms with Crippen LogP contribution < -0.4 is 0 Å². The fourth-order valence-electron chi connectivity index (χ4n) is 3.76. The number of aliphatic imine (C=N–C) groups is 1. The van der Waals surface area contributed by atoms with Gasteiger partial charge in [0.2, 0.25) is 0 Å².